The maximum Gasteiger partial charge on any atom is 0.0640 e. The molecule has 0 bridgehead atoms. The second-order valence-electron chi connectivity index (χ2n) is 5.26. The number of nitrogens with one attached hydrogen (secondary N) is 1. The van der Waals surface area contributed by atoms with E-state index in [1.165, 1.54) is 5.56 Å². The van der Waals surface area contributed by atoms with Crippen LogP contribution in [0.5, 0.6) is 0 Å². The van der Waals surface area contributed by atoms with Crippen LogP contribution < -0.4 is 5.32 Å². The smallest absolute Gasteiger partial charge is 0.0640 e. The van der Waals surface area contributed by atoms with Crippen molar-refractivity contribution in [1.82, 2.24) is 10.2 Å². The van der Waals surface area contributed by atoms with Gasteiger partial charge in [0.25, 0.3) is 0 Å². The Morgan fingerprint density at radius 3 is 2.58 bits per heavy atom. The highest BCUT2D eigenvalue weighted by Crippen LogP contribution is 2.37. The van der Waals surface area contributed by atoms with Gasteiger partial charge in [0, 0.05) is 32.2 Å². The van der Waals surface area contributed by atoms with Crippen LogP contribution in [0.3, 0.4) is 0 Å². The summed E-state index contributed by atoms with van der Waals surface area (Å²) in [7, 11) is 0. The van der Waals surface area contributed by atoms with E-state index < -0.39 is 0 Å². The zero-order valence-corrected chi connectivity index (χ0v) is 13.1. The average molecular weight is 301 g/mol. The number of hydrogen-bond acceptors (Lipinski definition) is 2. The summed E-state index contributed by atoms with van der Waals surface area (Å²) in [4.78, 5) is 2.53. The largest absolute Gasteiger partial charge is 0.314 e. The summed E-state index contributed by atoms with van der Waals surface area (Å²) in [5.41, 5.74) is 1.17. The van der Waals surface area contributed by atoms with E-state index in [4.69, 9.17) is 23.2 Å². The van der Waals surface area contributed by atoms with Gasteiger partial charge in [-0.15, -0.1) is 0 Å². The van der Waals surface area contributed by atoms with Crippen LogP contribution in [-0.2, 0) is 0 Å². The number of piperazine rings is 1. The third-order valence-electron chi connectivity index (χ3n) is 4.03. The number of hydrogen-bond donors (Lipinski definition) is 1. The van der Waals surface area contributed by atoms with Crippen LogP contribution in [-0.4, -0.2) is 31.1 Å². The molecule has 0 aliphatic carbocycles. The molecule has 0 amide bonds. The first-order chi connectivity index (χ1) is 9.15. The average Bonchev–Trinajstić information content (AvgIpc) is 2.44. The highest BCUT2D eigenvalue weighted by molar-refractivity contribution is 6.42. The molecule has 1 aliphatic rings. The summed E-state index contributed by atoms with van der Waals surface area (Å²) in [5.74, 6) is 0.564. The van der Waals surface area contributed by atoms with Crippen molar-refractivity contribution in [1.29, 1.82) is 0 Å². The van der Waals surface area contributed by atoms with E-state index in [0.717, 1.165) is 32.6 Å². The summed E-state index contributed by atoms with van der Waals surface area (Å²) in [6.07, 6.45) is 1.14. The molecule has 4 heteroatoms. The second kappa shape index (κ2) is 6.94. The van der Waals surface area contributed by atoms with Crippen molar-refractivity contribution in [3.8, 4) is 0 Å². The first kappa shape index (κ1) is 15.1. The first-order valence-electron chi connectivity index (χ1n) is 7.03. The van der Waals surface area contributed by atoms with Gasteiger partial charge < -0.3 is 5.32 Å². The van der Waals surface area contributed by atoms with E-state index in [1.807, 2.05) is 12.1 Å². The van der Waals surface area contributed by atoms with Crippen molar-refractivity contribution in [2.45, 2.75) is 26.3 Å². The lowest BCUT2D eigenvalue weighted by molar-refractivity contribution is 0.128. The van der Waals surface area contributed by atoms with Gasteiger partial charge in [0.2, 0.25) is 0 Å². The third kappa shape index (κ3) is 3.43. The van der Waals surface area contributed by atoms with Crippen molar-refractivity contribution in [3.63, 3.8) is 0 Å². The minimum absolute atomic E-state index is 0.360. The molecular formula is C15H22Cl2N2. The normalized spacial score (nSPS) is 20.2. The van der Waals surface area contributed by atoms with Crippen LogP contribution in [0.2, 0.25) is 10.0 Å². The molecule has 1 aromatic rings. The maximum absolute atomic E-state index is 6.43. The fourth-order valence-corrected chi connectivity index (χ4v) is 3.22. The molecule has 19 heavy (non-hydrogen) atoms. The van der Waals surface area contributed by atoms with E-state index in [9.17, 15) is 0 Å². The summed E-state index contributed by atoms with van der Waals surface area (Å²) in [5, 5.41) is 4.77. The minimum Gasteiger partial charge on any atom is -0.314 e. The van der Waals surface area contributed by atoms with Gasteiger partial charge in [-0.25, -0.2) is 0 Å². The van der Waals surface area contributed by atoms with Gasteiger partial charge in [-0.1, -0.05) is 55.6 Å². The molecule has 106 valence electrons. The van der Waals surface area contributed by atoms with Crippen molar-refractivity contribution < 1.29 is 0 Å². The Morgan fingerprint density at radius 2 is 1.95 bits per heavy atom. The fraction of sp³-hybridized carbons (Fsp3) is 0.600. The summed E-state index contributed by atoms with van der Waals surface area (Å²) >= 11 is 12.6. The van der Waals surface area contributed by atoms with E-state index >= 15 is 0 Å². The Morgan fingerprint density at radius 1 is 1.26 bits per heavy atom. The zero-order chi connectivity index (χ0) is 13.8. The highest BCUT2D eigenvalue weighted by Gasteiger charge is 2.28. The Kier molecular flexibility index (Phi) is 5.52. The van der Waals surface area contributed by atoms with Crippen LogP contribution in [0.4, 0.5) is 0 Å². The summed E-state index contributed by atoms with van der Waals surface area (Å²) in [6, 6.07) is 6.34. The molecule has 1 fully saturated rings. The Hall–Kier alpha value is -0.280. The molecular weight excluding hydrogens is 279 g/mol. The van der Waals surface area contributed by atoms with Gasteiger partial charge in [0.1, 0.15) is 0 Å². The molecule has 0 saturated carbocycles. The lowest BCUT2D eigenvalue weighted by atomic mass is 9.90. The molecule has 1 N–H and O–H groups in total. The van der Waals surface area contributed by atoms with Gasteiger partial charge >= 0.3 is 0 Å². The zero-order valence-electron chi connectivity index (χ0n) is 11.6. The number of rotatable bonds is 4. The molecule has 0 aromatic heterocycles. The van der Waals surface area contributed by atoms with Gasteiger partial charge in [-0.05, 0) is 17.5 Å². The van der Waals surface area contributed by atoms with Crippen molar-refractivity contribution in [2.75, 3.05) is 26.2 Å². The Balaban J connectivity index is 2.33. The standard InChI is InChI=1S/C15H22Cl2N2/c1-3-11(2)15(19-9-7-18-8-10-19)12-5-4-6-13(16)14(12)17/h4-6,11,15,18H,3,7-10H2,1-2H3/t11?,15-/m1/s1. The van der Waals surface area contributed by atoms with Crippen LogP contribution >= 0.6 is 23.2 Å². The topological polar surface area (TPSA) is 15.3 Å². The Labute approximate surface area is 126 Å². The van der Waals surface area contributed by atoms with Crippen LogP contribution in [0, 0.1) is 5.92 Å². The molecule has 2 nitrogen and oxygen atoms in total. The number of nitrogens with zero attached hydrogens (tertiary/aromatic N) is 1. The minimum atomic E-state index is 0.360. The molecule has 2 rings (SSSR count). The molecule has 1 unspecified atom stereocenters. The summed E-state index contributed by atoms with van der Waals surface area (Å²) < 4.78 is 0. The van der Waals surface area contributed by atoms with Gasteiger partial charge in [-0.3, -0.25) is 4.90 Å². The predicted octanol–water partition coefficient (Wildman–Crippen LogP) is 3.99. The molecule has 1 aromatic carbocycles. The quantitative estimate of drug-likeness (QED) is 0.904. The van der Waals surface area contributed by atoms with Gasteiger partial charge in [-0.2, -0.15) is 0 Å². The molecule has 0 spiro atoms. The van der Waals surface area contributed by atoms with Crippen LogP contribution in [0.25, 0.3) is 0 Å². The van der Waals surface area contributed by atoms with Crippen molar-refractivity contribution in [2.24, 2.45) is 5.92 Å². The van der Waals surface area contributed by atoms with E-state index in [2.05, 4.69) is 30.1 Å². The second-order valence-corrected chi connectivity index (χ2v) is 6.04. The monoisotopic (exact) mass is 300 g/mol. The van der Waals surface area contributed by atoms with Gasteiger partial charge in [0.15, 0.2) is 0 Å². The molecule has 1 saturated heterocycles. The van der Waals surface area contributed by atoms with Crippen LogP contribution in [0.1, 0.15) is 31.9 Å². The SMILES string of the molecule is CCC(C)[C@H](c1cccc(Cl)c1Cl)N1CCNCC1. The molecule has 1 aliphatic heterocycles. The number of halogens is 2. The van der Waals surface area contributed by atoms with E-state index in [1.54, 1.807) is 0 Å². The number of benzene rings is 1. The lowest BCUT2D eigenvalue weighted by Crippen LogP contribution is -2.46. The summed E-state index contributed by atoms with van der Waals surface area (Å²) in [6.45, 7) is 8.76. The van der Waals surface area contributed by atoms with E-state index in [-0.39, 0.29) is 0 Å². The van der Waals surface area contributed by atoms with Crippen LogP contribution in [0.15, 0.2) is 18.2 Å². The molecule has 1 heterocycles. The van der Waals surface area contributed by atoms with E-state index in [0.29, 0.717) is 22.0 Å². The fourth-order valence-electron chi connectivity index (χ4n) is 2.80. The van der Waals surface area contributed by atoms with Gasteiger partial charge in [0.05, 0.1) is 10.0 Å². The van der Waals surface area contributed by atoms with Crippen molar-refractivity contribution in [3.05, 3.63) is 33.8 Å². The lowest BCUT2D eigenvalue weighted by Gasteiger charge is -2.39. The molecule has 0 radical (unpaired) electrons. The maximum atomic E-state index is 6.43. The molecule has 2 atom stereocenters. The Bertz CT molecular complexity index is 417. The predicted molar refractivity (Wildman–Crippen MR) is 83.1 cm³/mol. The first-order valence-corrected chi connectivity index (χ1v) is 7.79. The third-order valence-corrected chi connectivity index (χ3v) is 4.86. The highest BCUT2D eigenvalue weighted by atomic mass is 35.5. The van der Waals surface area contributed by atoms with Crippen molar-refractivity contribution >= 4 is 23.2 Å².